The van der Waals surface area contributed by atoms with E-state index in [-0.39, 0.29) is 0 Å². The van der Waals surface area contributed by atoms with Crippen LogP contribution in [0, 0.1) is 17.4 Å². The second kappa shape index (κ2) is 5.89. The molecule has 0 aromatic rings. The molecule has 1 aliphatic heterocycles. The van der Waals surface area contributed by atoms with Crippen LogP contribution in [0.5, 0.6) is 0 Å². The minimum atomic E-state index is 0.295. The van der Waals surface area contributed by atoms with Gasteiger partial charge >= 0.3 is 0 Å². The molecule has 0 amide bonds. The second-order valence-electron chi connectivity index (χ2n) is 3.21. The number of nitriles is 1. The van der Waals surface area contributed by atoms with Crippen molar-refractivity contribution in [3.63, 3.8) is 0 Å². The van der Waals surface area contributed by atoms with E-state index >= 15 is 0 Å². The van der Waals surface area contributed by atoms with E-state index < -0.39 is 0 Å². The Labute approximate surface area is 88.7 Å². The molecular formula is C9H15N3OS. The van der Waals surface area contributed by atoms with Crippen LogP contribution in [0.3, 0.4) is 0 Å². The molecule has 0 bridgehead atoms. The fourth-order valence-electron chi connectivity index (χ4n) is 1.42. The van der Waals surface area contributed by atoms with Crippen molar-refractivity contribution in [1.82, 2.24) is 5.32 Å². The lowest BCUT2D eigenvalue weighted by Gasteiger charge is -2.11. The maximum Gasteiger partial charge on any atom is 0.183 e. The Morgan fingerprint density at radius 1 is 1.79 bits per heavy atom. The van der Waals surface area contributed by atoms with Gasteiger partial charge in [0, 0.05) is 19.1 Å². The summed E-state index contributed by atoms with van der Waals surface area (Å²) in [6.45, 7) is 3.65. The van der Waals surface area contributed by atoms with Crippen molar-refractivity contribution < 1.29 is 4.74 Å². The number of rotatable bonds is 2. The van der Waals surface area contributed by atoms with E-state index in [1.807, 2.05) is 12.4 Å². The lowest BCUT2D eigenvalue weighted by molar-refractivity contribution is 0.107. The summed E-state index contributed by atoms with van der Waals surface area (Å²) < 4.78 is 5.43. The summed E-state index contributed by atoms with van der Waals surface area (Å²) in [4.78, 5) is 4.33. The zero-order chi connectivity index (χ0) is 10.4. The number of thioether (sulfide) groups is 1. The topological polar surface area (TPSA) is 57.4 Å². The minimum Gasteiger partial charge on any atom is -0.378 e. The van der Waals surface area contributed by atoms with Crippen LogP contribution in [0.1, 0.15) is 13.3 Å². The van der Waals surface area contributed by atoms with Gasteiger partial charge in [0.15, 0.2) is 11.4 Å². The highest BCUT2D eigenvalue weighted by molar-refractivity contribution is 8.13. The monoisotopic (exact) mass is 213 g/mol. The molecule has 14 heavy (non-hydrogen) atoms. The van der Waals surface area contributed by atoms with Crippen LogP contribution in [-0.2, 0) is 4.74 Å². The number of aliphatic imine (C=N–C) groups is 1. The molecule has 0 radical (unpaired) electrons. The summed E-state index contributed by atoms with van der Waals surface area (Å²) in [5.41, 5.74) is 0. The zero-order valence-electron chi connectivity index (χ0n) is 8.49. The summed E-state index contributed by atoms with van der Waals surface area (Å²) in [6, 6.07) is 0. The third-order valence-corrected chi connectivity index (χ3v) is 2.98. The van der Waals surface area contributed by atoms with Gasteiger partial charge in [-0.05, 0) is 19.6 Å². The van der Waals surface area contributed by atoms with Crippen molar-refractivity contribution >= 4 is 16.9 Å². The van der Waals surface area contributed by atoms with E-state index in [0.29, 0.717) is 17.2 Å². The fourth-order valence-corrected chi connectivity index (χ4v) is 1.77. The summed E-state index contributed by atoms with van der Waals surface area (Å²) in [5.74, 6) is 0.498. The highest BCUT2D eigenvalue weighted by Crippen LogP contribution is 2.20. The van der Waals surface area contributed by atoms with Crippen LogP contribution in [0.2, 0.25) is 0 Å². The maximum atomic E-state index is 8.43. The van der Waals surface area contributed by atoms with Gasteiger partial charge < -0.3 is 4.74 Å². The summed E-state index contributed by atoms with van der Waals surface area (Å²) in [5, 5.41) is 11.7. The normalized spacial score (nSPS) is 27.4. The first kappa shape index (κ1) is 11.3. The average molecular weight is 213 g/mol. The van der Waals surface area contributed by atoms with Crippen LogP contribution in [0.15, 0.2) is 4.99 Å². The number of hydrogen-bond acceptors (Lipinski definition) is 4. The number of ether oxygens (including phenoxy) is 1. The molecule has 4 nitrogen and oxygen atoms in total. The molecular weight excluding hydrogens is 198 g/mol. The van der Waals surface area contributed by atoms with Gasteiger partial charge in [-0.3, -0.25) is 10.3 Å². The first-order valence-electron chi connectivity index (χ1n) is 4.63. The first-order valence-corrected chi connectivity index (χ1v) is 5.85. The summed E-state index contributed by atoms with van der Waals surface area (Å²) >= 11 is 1.45. The van der Waals surface area contributed by atoms with Crippen molar-refractivity contribution in [1.29, 1.82) is 5.26 Å². The number of hydrogen-bond donors (Lipinski definition) is 1. The third-order valence-electron chi connectivity index (χ3n) is 2.36. The second-order valence-corrected chi connectivity index (χ2v) is 4.01. The fraction of sp³-hybridized carbons (Fsp3) is 0.778. The van der Waals surface area contributed by atoms with Crippen LogP contribution < -0.4 is 5.32 Å². The van der Waals surface area contributed by atoms with Crippen molar-refractivity contribution in [3.8, 4) is 6.19 Å². The van der Waals surface area contributed by atoms with Crippen molar-refractivity contribution in [2.24, 2.45) is 10.9 Å². The Morgan fingerprint density at radius 3 is 3.07 bits per heavy atom. The van der Waals surface area contributed by atoms with Gasteiger partial charge in [0.05, 0.1) is 6.10 Å². The number of nitrogens with zero attached hydrogens (tertiary/aromatic N) is 2. The molecule has 0 saturated carbocycles. The van der Waals surface area contributed by atoms with E-state index in [9.17, 15) is 0 Å². The molecule has 0 spiro atoms. The Morgan fingerprint density at radius 2 is 2.57 bits per heavy atom. The summed E-state index contributed by atoms with van der Waals surface area (Å²) in [6.07, 6.45) is 5.14. The number of amidine groups is 1. The van der Waals surface area contributed by atoms with Gasteiger partial charge in [0.2, 0.25) is 0 Å². The molecule has 2 unspecified atom stereocenters. The molecule has 1 heterocycles. The smallest absolute Gasteiger partial charge is 0.183 e. The van der Waals surface area contributed by atoms with Crippen LogP contribution >= 0.6 is 11.8 Å². The van der Waals surface area contributed by atoms with Gasteiger partial charge in [-0.15, -0.1) is 0 Å². The Hall–Kier alpha value is -0.730. The lowest BCUT2D eigenvalue weighted by atomic mass is 10.0. The molecule has 0 aliphatic carbocycles. The van der Waals surface area contributed by atoms with Crippen molar-refractivity contribution in [3.05, 3.63) is 0 Å². The molecule has 1 rings (SSSR count). The average Bonchev–Trinajstić information content (AvgIpc) is 2.59. The van der Waals surface area contributed by atoms with E-state index in [2.05, 4.69) is 17.2 Å². The van der Waals surface area contributed by atoms with E-state index in [1.165, 1.54) is 11.8 Å². The first-order chi connectivity index (χ1) is 6.77. The van der Waals surface area contributed by atoms with Gasteiger partial charge in [-0.2, -0.15) is 5.26 Å². The van der Waals surface area contributed by atoms with Gasteiger partial charge in [0.25, 0.3) is 0 Å². The van der Waals surface area contributed by atoms with Gasteiger partial charge in [0.1, 0.15) is 0 Å². The molecule has 0 aromatic heterocycles. The van der Waals surface area contributed by atoms with Crippen molar-refractivity contribution in [2.75, 3.05) is 19.4 Å². The van der Waals surface area contributed by atoms with Crippen LogP contribution in [0.25, 0.3) is 0 Å². The Bertz CT molecular complexity index is 249. The Balaban J connectivity index is 2.39. The molecule has 1 saturated heterocycles. The van der Waals surface area contributed by atoms with Crippen LogP contribution in [-0.4, -0.2) is 30.7 Å². The lowest BCUT2D eigenvalue weighted by Crippen LogP contribution is -2.18. The standard InChI is InChI=1S/C9H15N3OS/c1-7-8(3-4-13-7)5-11-9(14-2)12-6-10/h7-8H,3-5H2,1-2H3,(H,11,12). The third kappa shape index (κ3) is 3.20. The molecule has 1 aliphatic rings. The molecule has 5 heteroatoms. The highest BCUT2D eigenvalue weighted by atomic mass is 32.2. The van der Waals surface area contributed by atoms with Crippen molar-refractivity contribution in [2.45, 2.75) is 19.4 Å². The largest absolute Gasteiger partial charge is 0.378 e. The van der Waals surface area contributed by atoms with Gasteiger partial charge in [-0.25, -0.2) is 0 Å². The molecule has 2 atom stereocenters. The maximum absolute atomic E-state index is 8.43. The SMILES string of the molecule is CSC(=NCC1CCOC1C)NC#N. The highest BCUT2D eigenvalue weighted by Gasteiger charge is 2.23. The minimum absolute atomic E-state index is 0.295. The van der Waals surface area contributed by atoms with E-state index in [4.69, 9.17) is 10.00 Å². The Kier molecular flexibility index (Phi) is 4.77. The van der Waals surface area contributed by atoms with Crippen LogP contribution in [0.4, 0.5) is 0 Å². The zero-order valence-corrected chi connectivity index (χ0v) is 9.30. The van der Waals surface area contributed by atoms with E-state index in [1.54, 1.807) is 0 Å². The molecule has 1 fully saturated rings. The predicted molar refractivity (Wildman–Crippen MR) is 58.1 cm³/mol. The predicted octanol–water partition coefficient (Wildman–Crippen LogP) is 1.20. The van der Waals surface area contributed by atoms with Gasteiger partial charge in [-0.1, -0.05) is 11.8 Å². The van der Waals surface area contributed by atoms with E-state index in [0.717, 1.165) is 19.6 Å². The molecule has 0 aromatic carbocycles. The number of nitrogens with one attached hydrogen (secondary N) is 1. The molecule has 1 N–H and O–H groups in total. The quantitative estimate of drug-likeness (QED) is 0.324. The summed E-state index contributed by atoms with van der Waals surface area (Å²) in [7, 11) is 0. The molecule has 78 valence electrons.